The maximum Gasteiger partial charge on any atom is 0.330 e. The van der Waals surface area contributed by atoms with Crippen molar-refractivity contribution in [3.05, 3.63) is 118 Å². The summed E-state index contributed by atoms with van der Waals surface area (Å²) in [5.41, 5.74) is 6.79. The number of benzene rings is 4. The van der Waals surface area contributed by atoms with Crippen LogP contribution in [0.15, 0.2) is 84.9 Å². The van der Waals surface area contributed by atoms with Gasteiger partial charge in [-0.15, -0.1) is 0 Å². The van der Waals surface area contributed by atoms with Gasteiger partial charge in [-0.3, -0.25) is 9.69 Å². The molecule has 4 aliphatic heterocycles. The zero-order valence-corrected chi connectivity index (χ0v) is 25.7. The summed E-state index contributed by atoms with van der Waals surface area (Å²) in [6, 6.07) is 25.2. The van der Waals surface area contributed by atoms with Crippen LogP contribution < -0.4 is 14.4 Å². The fourth-order valence-electron chi connectivity index (χ4n) is 7.16. The van der Waals surface area contributed by atoms with Crippen molar-refractivity contribution in [1.29, 1.82) is 0 Å². The molecule has 4 aromatic rings. The van der Waals surface area contributed by atoms with Crippen LogP contribution in [0.25, 0.3) is 12.2 Å². The van der Waals surface area contributed by atoms with Gasteiger partial charge >= 0.3 is 12.0 Å². The number of aliphatic carboxylic acids is 1. The molecular weight excluding hydrogens is 594 g/mol. The second-order valence-corrected chi connectivity index (χ2v) is 12.3. The normalized spacial score (nSPS) is 17.6. The lowest BCUT2D eigenvalue weighted by Crippen LogP contribution is -2.61. The van der Waals surface area contributed by atoms with E-state index < -0.39 is 24.0 Å². The van der Waals surface area contributed by atoms with Crippen molar-refractivity contribution in [2.75, 3.05) is 37.7 Å². The Kier molecular flexibility index (Phi) is 7.16. The summed E-state index contributed by atoms with van der Waals surface area (Å²) in [4.78, 5) is 46.5. The molecule has 0 unspecified atom stereocenters. The van der Waals surface area contributed by atoms with Gasteiger partial charge in [0.05, 0.1) is 37.1 Å². The molecule has 0 spiro atoms. The van der Waals surface area contributed by atoms with Crippen molar-refractivity contribution in [1.82, 2.24) is 9.80 Å². The molecule has 4 heterocycles. The quantitative estimate of drug-likeness (QED) is 0.311. The number of nitrogens with zero attached hydrogens (tertiary/aromatic N) is 3. The van der Waals surface area contributed by atoms with Crippen molar-refractivity contribution in [2.24, 2.45) is 0 Å². The van der Waals surface area contributed by atoms with Crippen molar-refractivity contribution in [2.45, 2.75) is 24.8 Å². The van der Waals surface area contributed by atoms with Crippen LogP contribution in [0.5, 0.6) is 11.5 Å². The smallest absolute Gasteiger partial charge is 0.330 e. The summed E-state index contributed by atoms with van der Waals surface area (Å²) in [6.07, 6.45) is 5.45. The first-order chi connectivity index (χ1) is 23.0. The Balaban J connectivity index is 1.12. The minimum absolute atomic E-state index is 0.0680. The Morgan fingerprint density at radius 3 is 1.83 bits per heavy atom. The lowest BCUT2D eigenvalue weighted by molar-refractivity contribution is -0.146. The summed E-state index contributed by atoms with van der Waals surface area (Å²) >= 11 is 0. The van der Waals surface area contributed by atoms with E-state index in [0.717, 1.165) is 57.7 Å². The molecule has 9 heteroatoms. The van der Waals surface area contributed by atoms with Crippen molar-refractivity contribution < 1.29 is 29.0 Å². The van der Waals surface area contributed by atoms with E-state index in [9.17, 15) is 19.5 Å². The largest absolute Gasteiger partial charge is 0.493 e. The van der Waals surface area contributed by atoms with Crippen molar-refractivity contribution in [3.8, 4) is 11.5 Å². The molecule has 4 aliphatic rings. The van der Waals surface area contributed by atoms with Crippen LogP contribution in [-0.2, 0) is 22.4 Å². The number of urea groups is 1. The molecule has 0 saturated carbocycles. The Bertz CT molecular complexity index is 1850. The number of ether oxygens (including phenoxy) is 2. The van der Waals surface area contributed by atoms with Gasteiger partial charge in [-0.1, -0.05) is 72.8 Å². The fraction of sp³-hybridized carbons (Fsp3) is 0.237. The van der Waals surface area contributed by atoms with Gasteiger partial charge in [0, 0.05) is 25.9 Å². The van der Waals surface area contributed by atoms with Gasteiger partial charge in [-0.25, -0.2) is 9.59 Å². The standard InChI is InChI=1S/C38H33N3O6/c42-36(35(28-11-13-33-26(21-28)15-19-46-33)29-12-14-34-27(22-29)16-20-47-34)39-17-18-40(32(23-39)37(43)44)38(45)41-30-7-3-1-5-24(30)9-10-25-6-2-4-8-31(25)41/h1-14,21-22,32,35H,15-20,23H2,(H,43,44)/t32-/m0/s1. The van der Waals surface area contributed by atoms with Gasteiger partial charge in [-0.05, 0) is 57.6 Å². The van der Waals surface area contributed by atoms with E-state index in [1.54, 1.807) is 9.80 Å². The third-order valence-electron chi connectivity index (χ3n) is 9.55. The van der Waals surface area contributed by atoms with Gasteiger partial charge in [0.15, 0.2) is 0 Å². The highest BCUT2D eigenvalue weighted by Crippen LogP contribution is 2.39. The van der Waals surface area contributed by atoms with Gasteiger partial charge in [-0.2, -0.15) is 0 Å². The van der Waals surface area contributed by atoms with E-state index in [4.69, 9.17) is 9.47 Å². The van der Waals surface area contributed by atoms with Crippen LogP contribution >= 0.6 is 0 Å². The molecule has 47 heavy (non-hydrogen) atoms. The zero-order chi connectivity index (χ0) is 32.1. The highest BCUT2D eigenvalue weighted by molar-refractivity contribution is 6.06. The summed E-state index contributed by atoms with van der Waals surface area (Å²) in [5.74, 6) is -0.361. The van der Waals surface area contributed by atoms with Crippen LogP contribution in [0.1, 0.15) is 39.3 Å². The summed E-state index contributed by atoms with van der Waals surface area (Å²) in [5, 5.41) is 10.5. The molecule has 1 saturated heterocycles. The van der Waals surface area contributed by atoms with E-state index in [-0.39, 0.29) is 25.5 Å². The third-order valence-corrected chi connectivity index (χ3v) is 9.55. The highest BCUT2D eigenvalue weighted by atomic mass is 16.5. The number of rotatable bonds is 4. The number of carboxylic acid groups (broad SMARTS) is 1. The zero-order valence-electron chi connectivity index (χ0n) is 25.7. The van der Waals surface area contributed by atoms with E-state index in [1.165, 1.54) is 4.90 Å². The molecule has 1 atom stereocenters. The van der Waals surface area contributed by atoms with Gasteiger partial charge < -0.3 is 24.4 Å². The van der Waals surface area contributed by atoms with E-state index in [1.807, 2.05) is 97.1 Å². The van der Waals surface area contributed by atoms with Crippen LogP contribution in [-0.4, -0.2) is 71.7 Å². The molecule has 4 aromatic carbocycles. The first-order valence-corrected chi connectivity index (χ1v) is 16.0. The molecule has 0 aromatic heterocycles. The maximum atomic E-state index is 14.6. The Morgan fingerprint density at radius 1 is 0.723 bits per heavy atom. The number of carbonyl (C=O) groups excluding carboxylic acids is 2. The minimum atomic E-state index is -1.24. The molecular formula is C38H33N3O6. The number of carbonyl (C=O) groups is 3. The number of amides is 3. The Hall–Kier alpha value is -5.57. The Labute approximate surface area is 272 Å². The predicted molar refractivity (Wildman–Crippen MR) is 177 cm³/mol. The lowest BCUT2D eigenvalue weighted by atomic mass is 9.87. The van der Waals surface area contributed by atoms with Gasteiger partial charge in [0.2, 0.25) is 5.91 Å². The molecule has 0 aliphatic carbocycles. The second-order valence-electron chi connectivity index (χ2n) is 12.3. The van der Waals surface area contributed by atoms with Crippen LogP contribution in [0.4, 0.5) is 16.2 Å². The first-order valence-electron chi connectivity index (χ1n) is 16.0. The van der Waals surface area contributed by atoms with Crippen molar-refractivity contribution >= 4 is 41.4 Å². The first kappa shape index (κ1) is 28.9. The lowest BCUT2D eigenvalue weighted by Gasteiger charge is -2.42. The molecule has 1 N–H and O–H groups in total. The number of hydrogen-bond donors (Lipinski definition) is 1. The molecule has 0 bridgehead atoms. The summed E-state index contributed by atoms with van der Waals surface area (Å²) in [7, 11) is 0. The van der Waals surface area contributed by atoms with Crippen LogP contribution in [0.3, 0.4) is 0 Å². The second kappa shape index (κ2) is 11.7. The number of hydrogen-bond acceptors (Lipinski definition) is 5. The summed E-state index contributed by atoms with van der Waals surface area (Å²) < 4.78 is 11.5. The topological polar surface area (TPSA) is 99.6 Å². The molecule has 8 rings (SSSR count). The number of para-hydroxylation sites is 2. The van der Waals surface area contributed by atoms with E-state index in [2.05, 4.69) is 0 Å². The monoisotopic (exact) mass is 627 g/mol. The number of anilines is 2. The predicted octanol–water partition coefficient (Wildman–Crippen LogP) is 5.73. The van der Waals surface area contributed by atoms with E-state index in [0.29, 0.717) is 24.6 Å². The number of carboxylic acids is 1. The summed E-state index contributed by atoms with van der Waals surface area (Å²) in [6.45, 7) is 1.34. The van der Waals surface area contributed by atoms with Crippen LogP contribution in [0.2, 0.25) is 0 Å². The maximum absolute atomic E-state index is 14.6. The third kappa shape index (κ3) is 5.08. The SMILES string of the molecule is O=C(O)[C@@H]1CN(C(=O)C(c2ccc3c(c2)CCO3)c2ccc3c(c2)CCO3)CCN1C(=O)N1c2ccccc2C=Cc2ccccc21. The van der Waals surface area contributed by atoms with Gasteiger partial charge in [0.25, 0.3) is 0 Å². The highest BCUT2D eigenvalue weighted by Gasteiger charge is 2.42. The molecule has 3 amide bonds. The molecule has 236 valence electrons. The Morgan fingerprint density at radius 2 is 1.28 bits per heavy atom. The fourth-order valence-corrected chi connectivity index (χ4v) is 7.16. The average molecular weight is 628 g/mol. The number of piperazine rings is 1. The molecule has 9 nitrogen and oxygen atoms in total. The molecule has 0 radical (unpaired) electrons. The van der Waals surface area contributed by atoms with Gasteiger partial charge in [0.1, 0.15) is 17.5 Å². The average Bonchev–Trinajstić information content (AvgIpc) is 3.74. The molecule has 1 fully saturated rings. The minimum Gasteiger partial charge on any atom is -0.493 e. The number of fused-ring (bicyclic) bond motifs is 4. The van der Waals surface area contributed by atoms with E-state index >= 15 is 0 Å². The van der Waals surface area contributed by atoms with Crippen molar-refractivity contribution in [3.63, 3.8) is 0 Å². The van der Waals surface area contributed by atoms with Crippen LogP contribution in [0, 0.1) is 0 Å².